The van der Waals surface area contributed by atoms with Crippen LogP contribution in [0.3, 0.4) is 0 Å². The molecule has 0 atom stereocenters. The molecule has 0 radical (unpaired) electrons. The highest BCUT2D eigenvalue weighted by Crippen LogP contribution is 2.31. The van der Waals surface area contributed by atoms with Crippen molar-refractivity contribution in [2.45, 2.75) is 31.9 Å². The SMILES string of the molecule is COc1ccccc1-c1nnc(SCC(=O)Nc2c(C)cccc2C(C)C)o1. The third-order valence-corrected chi connectivity index (χ3v) is 5.08. The summed E-state index contributed by atoms with van der Waals surface area (Å²) in [5, 5.41) is 11.4. The Balaban J connectivity index is 1.66. The molecule has 0 saturated heterocycles. The number of nitrogens with zero attached hydrogens (tertiary/aromatic N) is 2. The predicted octanol–water partition coefficient (Wildman–Crippen LogP) is 4.91. The summed E-state index contributed by atoms with van der Waals surface area (Å²) in [6, 6.07) is 13.5. The molecule has 0 bridgehead atoms. The van der Waals surface area contributed by atoms with Gasteiger partial charge >= 0.3 is 0 Å². The van der Waals surface area contributed by atoms with Gasteiger partial charge < -0.3 is 14.5 Å². The quantitative estimate of drug-likeness (QED) is 0.571. The minimum Gasteiger partial charge on any atom is -0.496 e. The first-order valence-electron chi connectivity index (χ1n) is 8.98. The lowest BCUT2D eigenvalue weighted by molar-refractivity contribution is -0.113. The largest absolute Gasteiger partial charge is 0.496 e. The molecule has 146 valence electrons. The summed E-state index contributed by atoms with van der Waals surface area (Å²) in [4.78, 5) is 12.4. The predicted molar refractivity (Wildman–Crippen MR) is 111 cm³/mol. The number of thioether (sulfide) groups is 1. The van der Waals surface area contributed by atoms with Crippen molar-refractivity contribution in [1.82, 2.24) is 10.2 Å². The summed E-state index contributed by atoms with van der Waals surface area (Å²) in [7, 11) is 1.59. The van der Waals surface area contributed by atoms with E-state index in [-0.39, 0.29) is 11.7 Å². The number of benzene rings is 2. The van der Waals surface area contributed by atoms with Gasteiger partial charge in [0, 0.05) is 5.69 Å². The van der Waals surface area contributed by atoms with Gasteiger partial charge in [0.2, 0.25) is 5.91 Å². The molecule has 28 heavy (non-hydrogen) atoms. The summed E-state index contributed by atoms with van der Waals surface area (Å²) in [6.45, 7) is 6.21. The molecule has 0 aliphatic carbocycles. The Hall–Kier alpha value is -2.80. The average molecular weight is 398 g/mol. The van der Waals surface area contributed by atoms with Crippen LogP contribution in [-0.2, 0) is 4.79 Å². The van der Waals surface area contributed by atoms with E-state index < -0.39 is 0 Å². The summed E-state index contributed by atoms with van der Waals surface area (Å²) < 4.78 is 11.0. The van der Waals surface area contributed by atoms with Crippen molar-refractivity contribution in [3.63, 3.8) is 0 Å². The number of methoxy groups -OCH3 is 1. The van der Waals surface area contributed by atoms with Crippen LogP contribution in [0.15, 0.2) is 52.1 Å². The molecule has 1 amide bonds. The number of carbonyl (C=O) groups is 1. The molecule has 7 heteroatoms. The maximum absolute atomic E-state index is 12.4. The number of hydrogen-bond acceptors (Lipinski definition) is 6. The van der Waals surface area contributed by atoms with E-state index in [2.05, 4.69) is 29.4 Å². The molecule has 6 nitrogen and oxygen atoms in total. The Morgan fingerprint density at radius 3 is 2.71 bits per heavy atom. The number of amides is 1. The van der Waals surface area contributed by atoms with Crippen LogP contribution in [0.4, 0.5) is 5.69 Å². The maximum Gasteiger partial charge on any atom is 0.277 e. The van der Waals surface area contributed by atoms with Gasteiger partial charge in [0.05, 0.1) is 18.4 Å². The van der Waals surface area contributed by atoms with Gasteiger partial charge in [0.1, 0.15) is 5.75 Å². The van der Waals surface area contributed by atoms with Gasteiger partial charge in [-0.05, 0) is 36.1 Å². The van der Waals surface area contributed by atoms with Crippen molar-refractivity contribution in [1.29, 1.82) is 0 Å². The molecule has 0 fully saturated rings. The molecule has 0 spiro atoms. The van der Waals surface area contributed by atoms with E-state index in [0.717, 1.165) is 22.4 Å². The van der Waals surface area contributed by atoms with E-state index in [1.807, 2.05) is 49.4 Å². The van der Waals surface area contributed by atoms with Gasteiger partial charge in [-0.3, -0.25) is 4.79 Å². The summed E-state index contributed by atoms with van der Waals surface area (Å²) >= 11 is 1.20. The van der Waals surface area contributed by atoms with Gasteiger partial charge in [0.15, 0.2) is 0 Å². The Bertz CT molecular complexity index is 969. The molecule has 1 N–H and O–H groups in total. The third kappa shape index (κ3) is 4.54. The number of rotatable bonds is 7. The second kappa shape index (κ2) is 8.93. The number of para-hydroxylation sites is 2. The second-order valence-corrected chi connectivity index (χ2v) is 7.53. The smallest absolute Gasteiger partial charge is 0.277 e. The standard InChI is InChI=1S/C21H23N3O3S/c1-13(2)15-10-7-8-14(3)19(15)22-18(25)12-28-21-24-23-20(27-21)16-9-5-6-11-17(16)26-4/h5-11,13H,12H2,1-4H3,(H,22,25). The molecular weight excluding hydrogens is 374 g/mol. The van der Waals surface area contributed by atoms with Gasteiger partial charge in [0.25, 0.3) is 11.1 Å². The number of ether oxygens (including phenoxy) is 1. The molecule has 0 aliphatic rings. The zero-order valence-corrected chi connectivity index (χ0v) is 17.2. The van der Waals surface area contributed by atoms with E-state index in [0.29, 0.717) is 22.8 Å². The van der Waals surface area contributed by atoms with E-state index in [4.69, 9.17) is 9.15 Å². The fourth-order valence-corrected chi connectivity index (χ4v) is 3.41. The van der Waals surface area contributed by atoms with Crippen LogP contribution in [0.5, 0.6) is 5.75 Å². The third-order valence-electron chi connectivity index (χ3n) is 4.26. The maximum atomic E-state index is 12.4. The van der Waals surface area contributed by atoms with Crippen LogP contribution >= 0.6 is 11.8 Å². The minimum atomic E-state index is -0.113. The van der Waals surface area contributed by atoms with Crippen LogP contribution in [0.25, 0.3) is 11.5 Å². The van der Waals surface area contributed by atoms with Crippen LogP contribution in [-0.4, -0.2) is 29.0 Å². The van der Waals surface area contributed by atoms with E-state index in [1.165, 1.54) is 11.8 Å². The first kappa shape index (κ1) is 19.9. The number of nitrogens with one attached hydrogen (secondary N) is 1. The summed E-state index contributed by atoms with van der Waals surface area (Å²) in [5.74, 6) is 1.40. The molecular formula is C21H23N3O3S. The van der Waals surface area contributed by atoms with E-state index >= 15 is 0 Å². The minimum absolute atomic E-state index is 0.113. The van der Waals surface area contributed by atoms with Crippen molar-refractivity contribution in [2.75, 3.05) is 18.2 Å². The second-order valence-electron chi connectivity index (χ2n) is 6.60. The van der Waals surface area contributed by atoms with Gasteiger partial charge in [-0.1, -0.05) is 55.9 Å². The lowest BCUT2D eigenvalue weighted by atomic mass is 9.98. The number of aryl methyl sites for hydroxylation is 1. The van der Waals surface area contributed by atoms with Crippen molar-refractivity contribution >= 4 is 23.4 Å². The van der Waals surface area contributed by atoms with Crippen LogP contribution in [0, 0.1) is 6.92 Å². The molecule has 1 aromatic heterocycles. The Morgan fingerprint density at radius 2 is 1.96 bits per heavy atom. The Morgan fingerprint density at radius 1 is 1.18 bits per heavy atom. The normalized spacial score (nSPS) is 10.9. The zero-order valence-electron chi connectivity index (χ0n) is 16.4. The van der Waals surface area contributed by atoms with E-state index in [1.54, 1.807) is 7.11 Å². The molecule has 2 aromatic carbocycles. The van der Waals surface area contributed by atoms with Crippen LogP contribution < -0.4 is 10.1 Å². The number of aromatic nitrogens is 2. The Kier molecular flexibility index (Phi) is 6.36. The number of anilines is 1. The number of hydrogen-bond donors (Lipinski definition) is 1. The number of carbonyl (C=O) groups excluding carboxylic acids is 1. The zero-order chi connectivity index (χ0) is 20.1. The van der Waals surface area contributed by atoms with Crippen LogP contribution in [0.1, 0.15) is 30.9 Å². The Labute approximate surface area is 168 Å². The first-order valence-corrected chi connectivity index (χ1v) is 9.97. The van der Waals surface area contributed by atoms with Gasteiger partial charge in [-0.15, -0.1) is 10.2 Å². The van der Waals surface area contributed by atoms with Crippen molar-refractivity contribution < 1.29 is 13.9 Å². The van der Waals surface area contributed by atoms with E-state index in [9.17, 15) is 4.79 Å². The summed E-state index contributed by atoms with van der Waals surface area (Å²) in [5.41, 5.74) is 3.76. The monoisotopic (exact) mass is 397 g/mol. The highest BCUT2D eigenvalue weighted by atomic mass is 32.2. The lowest BCUT2D eigenvalue weighted by Crippen LogP contribution is -2.16. The molecule has 1 heterocycles. The van der Waals surface area contributed by atoms with Gasteiger partial charge in [-0.2, -0.15) is 0 Å². The van der Waals surface area contributed by atoms with Crippen molar-refractivity contribution in [2.24, 2.45) is 0 Å². The lowest BCUT2D eigenvalue weighted by Gasteiger charge is -2.16. The molecule has 0 saturated carbocycles. The molecule has 0 unspecified atom stereocenters. The summed E-state index contributed by atoms with van der Waals surface area (Å²) in [6.07, 6.45) is 0. The van der Waals surface area contributed by atoms with Crippen molar-refractivity contribution in [3.8, 4) is 17.2 Å². The highest BCUT2D eigenvalue weighted by molar-refractivity contribution is 7.99. The first-order chi connectivity index (χ1) is 13.5. The highest BCUT2D eigenvalue weighted by Gasteiger charge is 2.16. The fraction of sp³-hybridized carbons (Fsp3) is 0.286. The van der Waals surface area contributed by atoms with Gasteiger partial charge in [-0.25, -0.2) is 0 Å². The molecule has 3 rings (SSSR count). The topological polar surface area (TPSA) is 77.2 Å². The van der Waals surface area contributed by atoms with Crippen molar-refractivity contribution in [3.05, 3.63) is 53.6 Å². The molecule has 3 aromatic rings. The fourth-order valence-electron chi connectivity index (χ4n) is 2.84. The van der Waals surface area contributed by atoms with Crippen LogP contribution in [0.2, 0.25) is 0 Å². The molecule has 0 aliphatic heterocycles. The average Bonchev–Trinajstić information content (AvgIpc) is 3.16.